The molecule has 0 fully saturated rings. The third-order valence-corrected chi connectivity index (χ3v) is 2.75. The van der Waals surface area contributed by atoms with E-state index in [0.717, 1.165) is 10.7 Å². The van der Waals surface area contributed by atoms with Crippen LogP contribution in [0.4, 0.5) is 0 Å². The second-order valence-corrected chi connectivity index (χ2v) is 4.54. The molecule has 0 unspecified atom stereocenters. The fourth-order valence-corrected chi connectivity index (χ4v) is 1.77. The van der Waals surface area contributed by atoms with Crippen LogP contribution in [0.1, 0.15) is 38.5 Å². The Labute approximate surface area is 105 Å². The summed E-state index contributed by atoms with van der Waals surface area (Å²) in [7, 11) is 0. The van der Waals surface area contributed by atoms with E-state index in [1.165, 1.54) is 38.5 Å². The summed E-state index contributed by atoms with van der Waals surface area (Å²) >= 11 is 6.74. The lowest BCUT2D eigenvalue weighted by Crippen LogP contribution is -1.77. The quantitative estimate of drug-likeness (QED) is 0.309. The molecule has 0 saturated heterocycles. The number of alkyl halides is 2. The van der Waals surface area contributed by atoms with Crippen molar-refractivity contribution in [3.05, 3.63) is 24.3 Å². The molecule has 0 radical (unpaired) electrons. The zero-order valence-electron chi connectivity index (χ0n) is 8.72. The fraction of sp³-hybridized carbons (Fsp3) is 0.667. The average molecular weight is 324 g/mol. The maximum absolute atomic E-state index is 3.37. The second-order valence-electron chi connectivity index (χ2n) is 3.24. The lowest BCUT2D eigenvalue weighted by atomic mass is 10.1. The minimum absolute atomic E-state index is 0.990. The third-order valence-electron chi connectivity index (χ3n) is 2.00. The van der Waals surface area contributed by atoms with Gasteiger partial charge >= 0.3 is 0 Å². The highest BCUT2D eigenvalue weighted by molar-refractivity contribution is 9.09. The van der Waals surface area contributed by atoms with Crippen molar-refractivity contribution in [1.29, 1.82) is 0 Å². The molecule has 0 N–H and O–H groups in total. The molecule has 0 aromatic rings. The molecule has 0 aliphatic carbocycles. The standard InChI is InChI=1S/C12H20Br2/c13-11-9-7-5-3-1-2-4-6-8-10-12-14/h7-10H,1-6,11-12H2/b9-7+,10-8+. The van der Waals surface area contributed by atoms with E-state index in [1.54, 1.807) is 0 Å². The van der Waals surface area contributed by atoms with Crippen LogP contribution in [0.5, 0.6) is 0 Å². The van der Waals surface area contributed by atoms with Crippen molar-refractivity contribution in [1.82, 2.24) is 0 Å². The summed E-state index contributed by atoms with van der Waals surface area (Å²) in [5.41, 5.74) is 0. The van der Waals surface area contributed by atoms with Crippen LogP contribution >= 0.6 is 31.9 Å². The molecular weight excluding hydrogens is 304 g/mol. The lowest BCUT2D eigenvalue weighted by Gasteiger charge is -1.96. The Hall–Kier alpha value is 0.440. The molecule has 82 valence electrons. The Kier molecular flexibility index (Phi) is 13.9. The van der Waals surface area contributed by atoms with Crippen molar-refractivity contribution in [2.24, 2.45) is 0 Å². The van der Waals surface area contributed by atoms with Gasteiger partial charge in [0.25, 0.3) is 0 Å². The molecule has 0 aliphatic heterocycles. The van der Waals surface area contributed by atoms with Gasteiger partial charge in [-0.25, -0.2) is 0 Å². The van der Waals surface area contributed by atoms with Gasteiger partial charge in [-0.1, -0.05) is 69.0 Å². The van der Waals surface area contributed by atoms with Crippen molar-refractivity contribution in [2.75, 3.05) is 10.7 Å². The van der Waals surface area contributed by atoms with E-state index >= 15 is 0 Å². The molecule has 0 nitrogen and oxygen atoms in total. The van der Waals surface area contributed by atoms with Gasteiger partial charge in [0.15, 0.2) is 0 Å². The van der Waals surface area contributed by atoms with Gasteiger partial charge in [-0.2, -0.15) is 0 Å². The van der Waals surface area contributed by atoms with Crippen LogP contribution in [0.15, 0.2) is 24.3 Å². The minimum Gasteiger partial charge on any atom is -0.0883 e. The van der Waals surface area contributed by atoms with Crippen LogP contribution in [0.2, 0.25) is 0 Å². The predicted octanol–water partition coefficient (Wildman–Crippen LogP) is 5.23. The van der Waals surface area contributed by atoms with Crippen LogP contribution in [0.3, 0.4) is 0 Å². The van der Waals surface area contributed by atoms with E-state index in [0.29, 0.717) is 0 Å². The van der Waals surface area contributed by atoms with Crippen LogP contribution in [0, 0.1) is 0 Å². The van der Waals surface area contributed by atoms with E-state index in [-0.39, 0.29) is 0 Å². The van der Waals surface area contributed by atoms with Gasteiger partial charge in [-0.15, -0.1) is 0 Å². The first-order valence-electron chi connectivity index (χ1n) is 5.33. The number of hydrogen-bond donors (Lipinski definition) is 0. The molecule has 14 heavy (non-hydrogen) atoms. The Morgan fingerprint density at radius 2 is 1.00 bits per heavy atom. The van der Waals surface area contributed by atoms with E-state index in [9.17, 15) is 0 Å². The third kappa shape index (κ3) is 12.4. The van der Waals surface area contributed by atoms with E-state index in [1.807, 2.05) is 0 Å². The summed E-state index contributed by atoms with van der Waals surface area (Å²) in [6.07, 6.45) is 16.8. The molecule has 0 aliphatic rings. The number of rotatable bonds is 9. The maximum Gasteiger partial charge on any atom is 0.0212 e. The Morgan fingerprint density at radius 1 is 0.571 bits per heavy atom. The zero-order chi connectivity index (χ0) is 10.5. The summed E-state index contributed by atoms with van der Waals surface area (Å²) < 4.78 is 0. The molecule has 0 aromatic carbocycles. The van der Waals surface area contributed by atoms with Crippen LogP contribution < -0.4 is 0 Å². The first kappa shape index (κ1) is 14.4. The summed E-state index contributed by atoms with van der Waals surface area (Å²) in [4.78, 5) is 0. The number of hydrogen-bond acceptors (Lipinski definition) is 0. The van der Waals surface area contributed by atoms with Gasteiger partial charge in [-0.3, -0.25) is 0 Å². The van der Waals surface area contributed by atoms with Crippen molar-refractivity contribution in [3.8, 4) is 0 Å². The topological polar surface area (TPSA) is 0 Å². The van der Waals surface area contributed by atoms with E-state index in [4.69, 9.17) is 0 Å². The van der Waals surface area contributed by atoms with Gasteiger partial charge < -0.3 is 0 Å². The van der Waals surface area contributed by atoms with Crippen LogP contribution in [-0.2, 0) is 0 Å². The Morgan fingerprint density at radius 3 is 1.36 bits per heavy atom. The summed E-state index contributed by atoms with van der Waals surface area (Å²) in [6, 6.07) is 0. The van der Waals surface area contributed by atoms with Crippen molar-refractivity contribution in [2.45, 2.75) is 38.5 Å². The Balaban J connectivity index is 2.99. The summed E-state index contributed by atoms with van der Waals surface area (Å²) in [5.74, 6) is 0. The lowest BCUT2D eigenvalue weighted by molar-refractivity contribution is 0.652. The van der Waals surface area contributed by atoms with Crippen molar-refractivity contribution in [3.63, 3.8) is 0 Å². The largest absolute Gasteiger partial charge is 0.0883 e. The highest BCUT2D eigenvalue weighted by Crippen LogP contribution is 2.06. The van der Waals surface area contributed by atoms with Crippen LogP contribution in [-0.4, -0.2) is 10.7 Å². The number of unbranched alkanes of at least 4 members (excludes halogenated alkanes) is 5. The molecule has 0 saturated carbocycles. The van der Waals surface area contributed by atoms with Gasteiger partial charge in [-0.05, 0) is 25.7 Å². The highest BCUT2D eigenvalue weighted by atomic mass is 79.9. The molecule has 2 heteroatoms. The fourth-order valence-electron chi connectivity index (χ4n) is 1.24. The first-order chi connectivity index (χ1) is 6.91. The minimum atomic E-state index is 0.990. The van der Waals surface area contributed by atoms with Gasteiger partial charge in [0.05, 0.1) is 0 Å². The molecule has 0 amide bonds. The molecule has 0 rings (SSSR count). The smallest absolute Gasteiger partial charge is 0.0212 e. The van der Waals surface area contributed by atoms with E-state index < -0.39 is 0 Å². The molecule has 0 spiro atoms. The van der Waals surface area contributed by atoms with Gasteiger partial charge in [0, 0.05) is 10.7 Å². The molecule has 0 aromatic heterocycles. The predicted molar refractivity (Wildman–Crippen MR) is 73.6 cm³/mol. The number of allylic oxidation sites excluding steroid dienone is 4. The molecular formula is C12H20Br2. The normalized spacial score (nSPS) is 11.9. The average Bonchev–Trinajstić information content (AvgIpc) is 2.21. The maximum atomic E-state index is 3.37. The molecule has 0 bridgehead atoms. The van der Waals surface area contributed by atoms with Gasteiger partial charge in [0.1, 0.15) is 0 Å². The Bertz CT molecular complexity index is 132. The van der Waals surface area contributed by atoms with Gasteiger partial charge in [0.2, 0.25) is 0 Å². The SMILES string of the molecule is BrC/C=C/CCCCCC/C=C/CBr. The second kappa shape index (κ2) is 13.4. The summed E-state index contributed by atoms with van der Waals surface area (Å²) in [6.45, 7) is 0. The monoisotopic (exact) mass is 322 g/mol. The van der Waals surface area contributed by atoms with Crippen molar-refractivity contribution < 1.29 is 0 Å². The summed E-state index contributed by atoms with van der Waals surface area (Å²) in [5, 5.41) is 1.98. The molecule has 0 heterocycles. The molecule has 0 atom stereocenters. The van der Waals surface area contributed by atoms with Crippen molar-refractivity contribution >= 4 is 31.9 Å². The highest BCUT2D eigenvalue weighted by Gasteiger charge is 1.87. The number of halogens is 2. The van der Waals surface area contributed by atoms with E-state index in [2.05, 4.69) is 56.2 Å². The zero-order valence-corrected chi connectivity index (χ0v) is 11.9. The first-order valence-corrected chi connectivity index (χ1v) is 7.58. The van der Waals surface area contributed by atoms with Crippen LogP contribution in [0.25, 0.3) is 0 Å².